The molecule has 6 unspecified atom stereocenters. The maximum Gasteiger partial charge on any atom is 0.258 e. The summed E-state index contributed by atoms with van der Waals surface area (Å²) < 4.78 is 79.3. The first-order chi connectivity index (χ1) is 24.1. The first kappa shape index (κ1) is 33.7. The fourth-order valence-electron chi connectivity index (χ4n) is 8.22. The van der Waals surface area contributed by atoms with E-state index in [9.17, 15) is 37.5 Å². The quantitative estimate of drug-likeness (QED) is 0.0781. The Morgan fingerprint density at radius 1 is 0.804 bits per heavy atom. The number of aromatic hydroxyl groups is 1. The van der Waals surface area contributed by atoms with Crippen molar-refractivity contribution in [1.29, 1.82) is 0 Å². The Morgan fingerprint density at radius 3 is 2.12 bits per heavy atom. The lowest BCUT2D eigenvalue weighted by Gasteiger charge is -2.51. The summed E-state index contributed by atoms with van der Waals surface area (Å²) in [5.41, 5.74) is -0.794. The topological polar surface area (TPSA) is 104 Å². The second-order valence-corrected chi connectivity index (χ2v) is 14.6. The van der Waals surface area contributed by atoms with Crippen LogP contribution in [0.5, 0.6) is 11.5 Å². The smallest absolute Gasteiger partial charge is 0.258 e. The zero-order valence-electron chi connectivity index (χ0n) is 25.5. The predicted octanol–water partition coefficient (Wildman–Crippen LogP) is 6.86. The van der Waals surface area contributed by atoms with Crippen LogP contribution in [0.3, 0.4) is 0 Å². The fraction of sp³-hybridized carbons (Fsp3) is 0.257. The van der Waals surface area contributed by atoms with E-state index in [-0.39, 0.29) is 40.3 Å². The Bertz CT molecular complexity index is 2190. The van der Waals surface area contributed by atoms with Gasteiger partial charge in [0.1, 0.15) is 17.2 Å². The number of hydrogen-bond acceptors (Lipinski definition) is 6. The second-order valence-electron chi connectivity index (χ2n) is 13.0. The number of fused-ring (bicyclic) bond motifs is 5. The molecule has 51 heavy (non-hydrogen) atoms. The minimum Gasteiger partial charge on any atom is -0.508 e. The molecule has 8 nitrogen and oxygen atoms in total. The summed E-state index contributed by atoms with van der Waals surface area (Å²) in [6.45, 7) is 0. The SMILES string of the molecule is O=C1C2CC=C3C(CC4(Cl)C(=O)N(c5c(F)c(F)c(F)c(F)c5F)C(=O)C4(Cl)C3C3=COc4ccc(O)cc4C3)C2C(=O)N1c1ccc(Cl)cc1. The molecule has 3 fully saturated rings. The minimum atomic E-state index is -2.69. The highest BCUT2D eigenvalue weighted by molar-refractivity contribution is 6.58. The second kappa shape index (κ2) is 11.3. The third kappa shape index (κ3) is 4.37. The third-order valence-corrected chi connectivity index (χ3v) is 12.1. The number of anilines is 2. The van der Waals surface area contributed by atoms with Crippen LogP contribution in [-0.2, 0) is 25.6 Å². The Morgan fingerprint density at radius 2 is 1.45 bits per heavy atom. The summed E-state index contributed by atoms with van der Waals surface area (Å²) in [4.78, 5) is 52.2. The van der Waals surface area contributed by atoms with Crippen LogP contribution >= 0.6 is 34.8 Å². The van der Waals surface area contributed by atoms with E-state index in [0.29, 0.717) is 16.3 Å². The van der Waals surface area contributed by atoms with Crippen LogP contribution in [0.25, 0.3) is 0 Å². The van der Waals surface area contributed by atoms with Gasteiger partial charge in [0, 0.05) is 22.9 Å². The van der Waals surface area contributed by atoms with Gasteiger partial charge < -0.3 is 9.84 Å². The van der Waals surface area contributed by atoms with Crippen LogP contribution in [0.1, 0.15) is 18.4 Å². The largest absolute Gasteiger partial charge is 0.508 e. The molecular formula is C35H20Cl3F5N2O6. The number of amides is 4. The molecule has 0 bridgehead atoms. The highest BCUT2D eigenvalue weighted by Gasteiger charge is 2.77. The van der Waals surface area contributed by atoms with Gasteiger partial charge in [0.05, 0.1) is 23.8 Å². The van der Waals surface area contributed by atoms with E-state index >= 15 is 8.78 Å². The Kier molecular flexibility index (Phi) is 7.44. The number of alkyl halides is 2. The molecular weight excluding hydrogens is 746 g/mol. The van der Waals surface area contributed by atoms with Gasteiger partial charge in [-0.3, -0.25) is 24.1 Å². The number of benzene rings is 3. The lowest BCUT2D eigenvalue weighted by molar-refractivity contribution is -0.125. The molecule has 1 saturated carbocycles. The first-order valence-corrected chi connectivity index (χ1v) is 16.5. The first-order valence-electron chi connectivity index (χ1n) is 15.4. The molecule has 262 valence electrons. The molecule has 16 heteroatoms. The van der Waals surface area contributed by atoms with Gasteiger partial charge in [-0.1, -0.05) is 23.3 Å². The number of allylic oxidation sites excluding steroid dienone is 3. The van der Waals surface area contributed by atoms with Crippen LogP contribution < -0.4 is 14.5 Å². The van der Waals surface area contributed by atoms with Crippen molar-refractivity contribution in [3.63, 3.8) is 0 Å². The summed E-state index contributed by atoms with van der Waals surface area (Å²) in [7, 11) is 0. The molecule has 1 N–H and O–H groups in total. The molecule has 3 aliphatic heterocycles. The monoisotopic (exact) mass is 764 g/mol. The van der Waals surface area contributed by atoms with Gasteiger partial charge in [0.2, 0.25) is 17.6 Å². The van der Waals surface area contributed by atoms with Crippen molar-refractivity contribution in [2.24, 2.45) is 23.7 Å². The Hall–Kier alpha value is -4.46. The van der Waals surface area contributed by atoms with Gasteiger partial charge in [-0.25, -0.2) is 26.9 Å². The van der Waals surface area contributed by atoms with Crippen molar-refractivity contribution >= 4 is 69.8 Å². The van der Waals surface area contributed by atoms with E-state index in [1.54, 1.807) is 6.08 Å². The molecule has 4 amide bonds. The number of phenols is 1. The summed E-state index contributed by atoms with van der Waals surface area (Å²) in [5.74, 6) is -21.2. The van der Waals surface area contributed by atoms with Gasteiger partial charge in [0.15, 0.2) is 33.0 Å². The normalized spacial score (nSPS) is 29.6. The summed E-state index contributed by atoms with van der Waals surface area (Å²) in [6, 6.07) is 10.1. The highest BCUT2D eigenvalue weighted by Crippen LogP contribution is 2.65. The van der Waals surface area contributed by atoms with E-state index in [2.05, 4.69) is 0 Å². The molecule has 0 aromatic heterocycles. The summed E-state index contributed by atoms with van der Waals surface area (Å²) in [5, 5.41) is 10.5. The average Bonchev–Trinajstić information content (AvgIpc) is 3.44. The molecule has 8 rings (SSSR count). The van der Waals surface area contributed by atoms with Crippen LogP contribution in [-0.4, -0.2) is 38.5 Å². The van der Waals surface area contributed by atoms with Crippen molar-refractivity contribution in [2.75, 3.05) is 9.80 Å². The lowest BCUT2D eigenvalue weighted by atomic mass is 9.56. The minimum absolute atomic E-state index is 0.0288. The van der Waals surface area contributed by atoms with Gasteiger partial charge in [-0.05, 0) is 66.8 Å². The van der Waals surface area contributed by atoms with Gasteiger partial charge >= 0.3 is 0 Å². The van der Waals surface area contributed by atoms with Gasteiger partial charge in [-0.15, -0.1) is 23.2 Å². The Balaban J connectivity index is 1.31. The fourth-order valence-corrected chi connectivity index (χ4v) is 9.30. The average molecular weight is 766 g/mol. The van der Waals surface area contributed by atoms with Crippen molar-refractivity contribution < 1.29 is 51.0 Å². The van der Waals surface area contributed by atoms with Crippen LogP contribution in [0.4, 0.5) is 33.3 Å². The molecule has 3 heterocycles. The summed E-state index contributed by atoms with van der Waals surface area (Å²) >= 11 is 20.4. The van der Waals surface area contributed by atoms with E-state index < -0.39 is 98.2 Å². The number of imide groups is 2. The number of hydrogen-bond donors (Lipinski definition) is 1. The van der Waals surface area contributed by atoms with Crippen LogP contribution in [0.2, 0.25) is 5.02 Å². The van der Waals surface area contributed by atoms with E-state index in [1.165, 1.54) is 48.7 Å². The van der Waals surface area contributed by atoms with Crippen molar-refractivity contribution in [3.05, 3.63) is 106 Å². The number of phenolic OH excluding ortho intramolecular Hbond substituents is 1. The molecule has 6 atom stereocenters. The molecule has 3 aromatic carbocycles. The molecule has 3 aromatic rings. The highest BCUT2D eigenvalue weighted by atomic mass is 35.5. The van der Waals surface area contributed by atoms with Crippen molar-refractivity contribution in [1.82, 2.24) is 0 Å². The third-order valence-electron chi connectivity index (χ3n) is 10.5. The number of nitrogens with zero attached hydrogens (tertiary/aromatic N) is 2. The predicted molar refractivity (Wildman–Crippen MR) is 172 cm³/mol. The number of ether oxygens (including phenoxy) is 1. The van der Waals surface area contributed by atoms with Gasteiger partial charge in [0.25, 0.3) is 11.8 Å². The standard InChI is InChI=1S/C35H20Cl3F5N2O6/c36-15-1-3-16(4-2-15)44-30(47)19-7-6-18-20(22(19)31(44)48)11-34(37)32(49)45(29-27(42)25(40)24(39)26(41)28(29)43)33(50)35(34,38)23(18)14-9-13-10-17(46)5-8-21(13)51-12-14/h1-6,8,10,12,19-20,22-23,46H,7,9,11H2. The number of carbonyl (C=O) groups is 4. The zero-order valence-corrected chi connectivity index (χ0v) is 27.8. The maximum absolute atomic E-state index is 15.3. The zero-order chi connectivity index (χ0) is 36.5. The molecule has 5 aliphatic rings. The number of rotatable bonds is 3. The number of halogens is 8. The lowest BCUT2D eigenvalue weighted by Crippen LogP contribution is -2.61. The molecule has 0 spiro atoms. The van der Waals surface area contributed by atoms with Gasteiger partial charge in [-0.2, -0.15) is 0 Å². The molecule has 0 radical (unpaired) electrons. The Labute approximate surface area is 299 Å². The molecule has 2 aliphatic carbocycles. The molecule has 2 saturated heterocycles. The maximum atomic E-state index is 15.3. The van der Waals surface area contributed by atoms with E-state index in [4.69, 9.17) is 39.5 Å². The summed E-state index contributed by atoms with van der Waals surface area (Å²) in [6.07, 6.45) is 2.06. The van der Waals surface area contributed by atoms with Crippen molar-refractivity contribution in [3.8, 4) is 11.5 Å². The van der Waals surface area contributed by atoms with E-state index in [1.807, 2.05) is 0 Å². The van der Waals surface area contributed by atoms with Crippen molar-refractivity contribution in [2.45, 2.75) is 29.0 Å². The van der Waals surface area contributed by atoms with E-state index in [0.717, 1.165) is 4.90 Å². The number of carbonyl (C=O) groups excluding carboxylic acids is 4. The van der Waals surface area contributed by atoms with Crippen LogP contribution in [0, 0.1) is 52.8 Å². The van der Waals surface area contributed by atoms with Crippen LogP contribution in [0.15, 0.2) is 65.9 Å².